The van der Waals surface area contributed by atoms with Crippen molar-refractivity contribution < 1.29 is 19.5 Å². The Bertz CT molecular complexity index is 1140. The molecule has 0 saturated carbocycles. The van der Waals surface area contributed by atoms with Crippen LogP contribution >= 0.6 is 0 Å². The summed E-state index contributed by atoms with van der Waals surface area (Å²) < 4.78 is 0. The van der Waals surface area contributed by atoms with Crippen molar-refractivity contribution in [2.75, 3.05) is 13.1 Å². The first kappa shape index (κ1) is 20.8. The lowest BCUT2D eigenvalue weighted by molar-refractivity contribution is -0.146. The minimum absolute atomic E-state index is 0.120. The number of hydrogen-bond acceptors (Lipinski definition) is 4. The summed E-state index contributed by atoms with van der Waals surface area (Å²) in [6, 6.07) is 8.87. The third kappa shape index (κ3) is 4.10. The van der Waals surface area contributed by atoms with Crippen LogP contribution in [0.2, 0.25) is 0 Å². The molecule has 31 heavy (non-hydrogen) atoms. The van der Waals surface area contributed by atoms with Crippen LogP contribution in [0.5, 0.6) is 0 Å². The Hall–Kier alpha value is -3.42. The van der Waals surface area contributed by atoms with Gasteiger partial charge in [0.2, 0.25) is 5.91 Å². The molecular weight excluding hydrogens is 396 g/mol. The van der Waals surface area contributed by atoms with Gasteiger partial charge in [0.25, 0.3) is 5.91 Å². The minimum atomic E-state index is -0.820. The number of aromatic nitrogens is 2. The summed E-state index contributed by atoms with van der Waals surface area (Å²) >= 11 is 0. The molecule has 4 rings (SSSR count). The highest BCUT2D eigenvalue weighted by atomic mass is 16.4. The van der Waals surface area contributed by atoms with E-state index in [9.17, 15) is 14.4 Å². The van der Waals surface area contributed by atoms with Gasteiger partial charge < -0.3 is 20.3 Å². The molecule has 8 heteroatoms. The summed E-state index contributed by atoms with van der Waals surface area (Å²) in [5.74, 6) is -1.94. The molecule has 0 radical (unpaired) electrons. The van der Waals surface area contributed by atoms with Crippen LogP contribution in [-0.4, -0.2) is 56.9 Å². The molecule has 1 aliphatic heterocycles. The Labute approximate surface area is 179 Å². The average molecular weight is 422 g/mol. The molecule has 3 aromatic rings. The van der Waals surface area contributed by atoms with E-state index in [1.165, 1.54) is 0 Å². The maximum absolute atomic E-state index is 13.1. The number of aromatic amines is 1. The number of aliphatic carboxylic acids is 1. The van der Waals surface area contributed by atoms with Gasteiger partial charge in [0.1, 0.15) is 11.7 Å². The third-order valence-corrected chi connectivity index (χ3v) is 6.00. The lowest BCUT2D eigenvalue weighted by Crippen LogP contribution is -2.53. The number of piperidine rings is 1. The molecule has 2 amide bonds. The molecule has 0 bridgehead atoms. The average Bonchev–Trinajstić information content (AvgIpc) is 3.14. The molecule has 0 spiro atoms. The van der Waals surface area contributed by atoms with Gasteiger partial charge in [0, 0.05) is 29.4 Å². The Balaban J connectivity index is 1.51. The monoisotopic (exact) mass is 422 g/mol. The Morgan fingerprint density at radius 3 is 2.52 bits per heavy atom. The zero-order valence-corrected chi connectivity index (χ0v) is 17.6. The smallest absolute Gasteiger partial charge is 0.306 e. The number of likely N-dealkylation sites (tertiary alicyclic amines) is 1. The number of para-hydroxylation sites is 1. The van der Waals surface area contributed by atoms with Crippen molar-refractivity contribution in [3.05, 3.63) is 42.2 Å². The van der Waals surface area contributed by atoms with E-state index in [0.717, 1.165) is 21.8 Å². The van der Waals surface area contributed by atoms with E-state index >= 15 is 0 Å². The van der Waals surface area contributed by atoms with Crippen molar-refractivity contribution in [1.82, 2.24) is 20.2 Å². The van der Waals surface area contributed by atoms with Crippen LogP contribution in [0.3, 0.4) is 0 Å². The number of carboxylic acids is 1. The van der Waals surface area contributed by atoms with E-state index in [1.807, 2.05) is 38.1 Å². The second-order valence-electron chi connectivity index (χ2n) is 8.42. The quantitative estimate of drug-likeness (QED) is 0.585. The van der Waals surface area contributed by atoms with Crippen LogP contribution in [-0.2, 0) is 9.59 Å². The molecule has 8 nitrogen and oxygen atoms in total. The summed E-state index contributed by atoms with van der Waals surface area (Å²) in [7, 11) is 0. The first-order chi connectivity index (χ1) is 14.8. The zero-order valence-electron chi connectivity index (χ0n) is 17.6. The fourth-order valence-corrected chi connectivity index (χ4v) is 4.15. The van der Waals surface area contributed by atoms with Crippen molar-refractivity contribution in [3.8, 4) is 0 Å². The second kappa shape index (κ2) is 8.37. The van der Waals surface area contributed by atoms with Crippen molar-refractivity contribution in [2.24, 2.45) is 11.8 Å². The predicted octanol–water partition coefficient (Wildman–Crippen LogP) is 2.79. The maximum atomic E-state index is 13.1. The summed E-state index contributed by atoms with van der Waals surface area (Å²) in [5, 5.41) is 13.9. The number of fused-ring (bicyclic) bond motifs is 3. The van der Waals surface area contributed by atoms with Crippen LogP contribution < -0.4 is 5.32 Å². The molecule has 1 aromatic carbocycles. The molecule has 2 aromatic heterocycles. The van der Waals surface area contributed by atoms with Crippen molar-refractivity contribution in [1.29, 1.82) is 0 Å². The number of hydrogen-bond donors (Lipinski definition) is 3. The number of carbonyl (C=O) groups is 3. The fourth-order valence-electron chi connectivity index (χ4n) is 4.15. The highest BCUT2D eigenvalue weighted by Crippen LogP contribution is 2.25. The van der Waals surface area contributed by atoms with Gasteiger partial charge in [0.15, 0.2) is 0 Å². The van der Waals surface area contributed by atoms with Gasteiger partial charge in [-0.05, 0) is 30.9 Å². The zero-order chi connectivity index (χ0) is 22.1. The SMILES string of the molecule is CC(C)C(NC(=O)c1cc2c(cn1)[nH]c1ccccc12)C(=O)N1CCC(C(=O)O)CC1. The first-order valence-electron chi connectivity index (χ1n) is 10.5. The summed E-state index contributed by atoms with van der Waals surface area (Å²) in [6.45, 7) is 4.52. The van der Waals surface area contributed by atoms with Crippen LogP contribution in [0.1, 0.15) is 37.2 Å². The van der Waals surface area contributed by atoms with Gasteiger partial charge in [0.05, 0.1) is 17.6 Å². The van der Waals surface area contributed by atoms with Crippen LogP contribution in [0.4, 0.5) is 0 Å². The minimum Gasteiger partial charge on any atom is -0.481 e. The second-order valence-corrected chi connectivity index (χ2v) is 8.42. The Morgan fingerprint density at radius 2 is 1.84 bits per heavy atom. The number of carbonyl (C=O) groups excluding carboxylic acids is 2. The molecule has 1 aliphatic rings. The highest BCUT2D eigenvalue weighted by molar-refractivity contribution is 6.09. The number of rotatable bonds is 5. The lowest BCUT2D eigenvalue weighted by atomic mass is 9.95. The molecule has 0 aliphatic carbocycles. The standard InChI is InChI=1S/C23H26N4O4/c1-13(2)20(22(29)27-9-7-14(8-10-27)23(30)31)26-21(28)18-11-16-15-5-3-4-6-17(15)25-19(16)12-24-18/h3-6,11-14,20,25H,7-10H2,1-2H3,(H,26,28)(H,30,31). The molecule has 3 heterocycles. The number of pyridine rings is 1. The van der Waals surface area contributed by atoms with Gasteiger partial charge in [-0.1, -0.05) is 32.0 Å². The number of nitrogens with one attached hydrogen (secondary N) is 2. The number of benzene rings is 1. The molecule has 3 N–H and O–H groups in total. The summed E-state index contributed by atoms with van der Waals surface area (Å²) in [6.07, 6.45) is 2.49. The van der Waals surface area contributed by atoms with E-state index in [4.69, 9.17) is 5.11 Å². The van der Waals surface area contributed by atoms with Crippen LogP contribution in [0, 0.1) is 11.8 Å². The molecular formula is C23H26N4O4. The van der Waals surface area contributed by atoms with E-state index in [0.29, 0.717) is 25.9 Å². The topological polar surface area (TPSA) is 115 Å². The maximum Gasteiger partial charge on any atom is 0.306 e. The number of nitrogens with zero attached hydrogens (tertiary/aromatic N) is 2. The molecule has 1 unspecified atom stereocenters. The third-order valence-electron chi connectivity index (χ3n) is 6.00. The van der Waals surface area contributed by atoms with Gasteiger partial charge >= 0.3 is 5.97 Å². The van der Waals surface area contributed by atoms with Crippen molar-refractivity contribution >= 4 is 39.6 Å². The van der Waals surface area contributed by atoms with E-state index in [2.05, 4.69) is 15.3 Å². The number of H-pyrrole nitrogens is 1. The van der Waals surface area contributed by atoms with E-state index in [1.54, 1.807) is 17.2 Å². The molecule has 162 valence electrons. The van der Waals surface area contributed by atoms with E-state index in [-0.39, 0.29) is 17.5 Å². The summed E-state index contributed by atoms with van der Waals surface area (Å²) in [4.78, 5) is 46.4. The molecule has 1 atom stereocenters. The molecule has 1 fully saturated rings. The van der Waals surface area contributed by atoms with Gasteiger partial charge in [-0.3, -0.25) is 14.4 Å². The van der Waals surface area contributed by atoms with E-state index < -0.39 is 23.8 Å². The van der Waals surface area contributed by atoms with Crippen molar-refractivity contribution in [3.63, 3.8) is 0 Å². The largest absolute Gasteiger partial charge is 0.481 e. The molecule has 1 saturated heterocycles. The fraction of sp³-hybridized carbons (Fsp3) is 0.391. The van der Waals surface area contributed by atoms with Gasteiger partial charge in [-0.2, -0.15) is 0 Å². The van der Waals surface area contributed by atoms with Gasteiger partial charge in [-0.15, -0.1) is 0 Å². The normalized spacial score (nSPS) is 16.0. The van der Waals surface area contributed by atoms with Gasteiger partial charge in [-0.25, -0.2) is 4.98 Å². The predicted molar refractivity (Wildman–Crippen MR) is 117 cm³/mol. The first-order valence-corrected chi connectivity index (χ1v) is 10.5. The van der Waals surface area contributed by atoms with Crippen LogP contribution in [0.25, 0.3) is 21.8 Å². The number of amides is 2. The summed E-state index contributed by atoms with van der Waals surface area (Å²) in [5.41, 5.74) is 2.06. The van der Waals surface area contributed by atoms with Crippen molar-refractivity contribution in [2.45, 2.75) is 32.7 Å². The Morgan fingerprint density at radius 1 is 1.13 bits per heavy atom. The Kier molecular flexibility index (Phi) is 5.63. The highest BCUT2D eigenvalue weighted by Gasteiger charge is 2.33. The van der Waals surface area contributed by atoms with Crippen LogP contribution in [0.15, 0.2) is 36.5 Å². The number of carboxylic acid groups (broad SMARTS) is 1. The lowest BCUT2D eigenvalue weighted by Gasteiger charge is -2.34.